The van der Waals surface area contributed by atoms with Crippen molar-refractivity contribution in [1.29, 1.82) is 0 Å². The van der Waals surface area contributed by atoms with Crippen molar-refractivity contribution in [3.8, 4) is 5.75 Å². The van der Waals surface area contributed by atoms with E-state index in [0.717, 1.165) is 5.56 Å². The minimum Gasteiger partial charge on any atom is -0.495 e. The minimum absolute atomic E-state index is 0.175. The smallest absolute Gasteiger partial charge is 0.274 e. The standard InChI is InChI=1S/C19H16ClFN4O2/c1-27-17-7-4-13(20)8-15(17)25-19(26)16-9-18(24-11-23-16)22-10-12-2-5-14(21)6-3-12/h2-9,11H,10H2,1H3,(H,25,26)(H,22,23,24). The maximum absolute atomic E-state index is 12.9. The van der Waals surface area contributed by atoms with Crippen LogP contribution in [0.2, 0.25) is 5.02 Å². The number of benzene rings is 2. The molecule has 0 unspecified atom stereocenters. The predicted molar refractivity (Wildman–Crippen MR) is 102 cm³/mol. The summed E-state index contributed by atoms with van der Waals surface area (Å²) in [5.41, 5.74) is 1.49. The Hall–Kier alpha value is -3.19. The number of nitrogens with one attached hydrogen (secondary N) is 2. The predicted octanol–water partition coefficient (Wildman–Crippen LogP) is 4.14. The lowest BCUT2D eigenvalue weighted by molar-refractivity contribution is 0.102. The number of carbonyl (C=O) groups excluding carboxylic acids is 1. The third-order valence-corrected chi connectivity index (χ3v) is 3.93. The van der Waals surface area contributed by atoms with Gasteiger partial charge in [-0.15, -0.1) is 0 Å². The lowest BCUT2D eigenvalue weighted by atomic mass is 10.2. The highest BCUT2D eigenvalue weighted by Crippen LogP contribution is 2.28. The number of ether oxygens (including phenoxy) is 1. The van der Waals surface area contributed by atoms with E-state index in [-0.39, 0.29) is 11.5 Å². The fourth-order valence-electron chi connectivity index (χ4n) is 2.34. The number of carbonyl (C=O) groups is 1. The lowest BCUT2D eigenvalue weighted by Crippen LogP contribution is -2.15. The molecule has 3 rings (SSSR count). The summed E-state index contributed by atoms with van der Waals surface area (Å²) in [5, 5.41) is 6.26. The van der Waals surface area contributed by atoms with Gasteiger partial charge in [-0.1, -0.05) is 23.7 Å². The quantitative estimate of drug-likeness (QED) is 0.665. The Balaban J connectivity index is 1.70. The van der Waals surface area contributed by atoms with Crippen LogP contribution in [-0.2, 0) is 6.54 Å². The third-order valence-electron chi connectivity index (χ3n) is 3.70. The van der Waals surface area contributed by atoms with Crippen LogP contribution in [0.3, 0.4) is 0 Å². The molecule has 0 aliphatic rings. The summed E-state index contributed by atoms with van der Waals surface area (Å²) in [6.07, 6.45) is 1.29. The summed E-state index contributed by atoms with van der Waals surface area (Å²) in [7, 11) is 1.50. The van der Waals surface area contributed by atoms with Crippen LogP contribution in [0.1, 0.15) is 16.1 Å². The molecule has 0 radical (unpaired) electrons. The highest BCUT2D eigenvalue weighted by atomic mass is 35.5. The normalized spacial score (nSPS) is 10.3. The molecule has 0 saturated heterocycles. The molecule has 8 heteroatoms. The second kappa shape index (κ2) is 8.46. The second-order valence-electron chi connectivity index (χ2n) is 5.57. The molecule has 3 aromatic rings. The van der Waals surface area contributed by atoms with Gasteiger partial charge in [-0.2, -0.15) is 0 Å². The van der Waals surface area contributed by atoms with Gasteiger partial charge in [0.05, 0.1) is 12.8 Å². The molecule has 1 aromatic heterocycles. The van der Waals surface area contributed by atoms with E-state index < -0.39 is 5.91 Å². The van der Waals surface area contributed by atoms with Gasteiger partial charge in [0.1, 0.15) is 29.4 Å². The van der Waals surface area contributed by atoms with Crippen molar-refractivity contribution in [3.63, 3.8) is 0 Å². The van der Waals surface area contributed by atoms with E-state index in [9.17, 15) is 9.18 Å². The Kier molecular flexibility index (Phi) is 5.83. The molecule has 1 amide bonds. The average molecular weight is 387 g/mol. The molecule has 0 aliphatic carbocycles. The van der Waals surface area contributed by atoms with Gasteiger partial charge >= 0.3 is 0 Å². The van der Waals surface area contributed by atoms with Crippen LogP contribution in [0.15, 0.2) is 54.9 Å². The molecule has 0 bridgehead atoms. The highest BCUT2D eigenvalue weighted by molar-refractivity contribution is 6.31. The van der Waals surface area contributed by atoms with Crippen molar-refractivity contribution in [2.45, 2.75) is 6.54 Å². The monoisotopic (exact) mass is 386 g/mol. The number of amides is 1. The molecule has 27 heavy (non-hydrogen) atoms. The first-order valence-corrected chi connectivity index (χ1v) is 8.38. The van der Waals surface area contributed by atoms with Gasteiger partial charge in [0.15, 0.2) is 0 Å². The van der Waals surface area contributed by atoms with E-state index in [2.05, 4.69) is 20.6 Å². The van der Waals surface area contributed by atoms with Crippen LogP contribution < -0.4 is 15.4 Å². The van der Waals surface area contributed by atoms with Crippen molar-refractivity contribution < 1.29 is 13.9 Å². The number of hydrogen-bond donors (Lipinski definition) is 2. The van der Waals surface area contributed by atoms with E-state index in [1.165, 1.54) is 31.6 Å². The first kappa shape index (κ1) is 18.6. The van der Waals surface area contributed by atoms with Crippen LogP contribution >= 0.6 is 11.6 Å². The first-order chi connectivity index (χ1) is 13.0. The van der Waals surface area contributed by atoms with Crippen LogP contribution in [0.4, 0.5) is 15.9 Å². The topological polar surface area (TPSA) is 76.1 Å². The number of methoxy groups -OCH3 is 1. The Morgan fingerprint density at radius 3 is 2.67 bits per heavy atom. The summed E-state index contributed by atoms with van der Waals surface area (Å²) in [5.74, 6) is 0.230. The molecule has 0 aliphatic heterocycles. The van der Waals surface area contributed by atoms with Gasteiger partial charge < -0.3 is 15.4 Å². The van der Waals surface area contributed by atoms with E-state index in [1.807, 2.05) is 0 Å². The zero-order valence-corrected chi connectivity index (χ0v) is 15.1. The zero-order chi connectivity index (χ0) is 19.2. The molecule has 2 N–H and O–H groups in total. The first-order valence-electron chi connectivity index (χ1n) is 8.00. The summed E-state index contributed by atoms with van der Waals surface area (Å²) in [6.45, 7) is 0.431. The van der Waals surface area contributed by atoms with E-state index in [0.29, 0.717) is 28.8 Å². The van der Waals surface area contributed by atoms with Crippen molar-refractivity contribution >= 4 is 29.0 Å². The minimum atomic E-state index is -0.428. The summed E-state index contributed by atoms with van der Waals surface area (Å²) in [6, 6.07) is 12.5. The van der Waals surface area contributed by atoms with Gasteiger partial charge in [0.2, 0.25) is 0 Å². The second-order valence-corrected chi connectivity index (χ2v) is 6.00. The van der Waals surface area contributed by atoms with Gasteiger partial charge in [0.25, 0.3) is 5.91 Å². The molecular formula is C19H16ClFN4O2. The number of halogens is 2. The maximum Gasteiger partial charge on any atom is 0.274 e. The molecule has 2 aromatic carbocycles. The Bertz CT molecular complexity index is 951. The van der Waals surface area contributed by atoms with Crippen LogP contribution in [0, 0.1) is 5.82 Å². The van der Waals surface area contributed by atoms with Gasteiger partial charge in [-0.05, 0) is 35.9 Å². The average Bonchev–Trinajstić information content (AvgIpc) is 2.68. The number of aromatic nitrogens is 2. The fourth-order valence-corrected chi connectivity index (χ4v) is 2.51. The number of anilines is 2. The van der Waals surface area contributed by atoms with Crippen molar-refractivity contribution in [2.24, 2.45) is 0 Å². The van der Waals surface area contributed by atoms with Crippen molar-refractivity contribution in [1.82, 2.24) is 9.97 Å². The number of nitrogens with zero attached hydrogens (tertiary/aromatic N) is 2. The van der Waals surface area contributed by atoms with Gasteiger partial charge in [-0.3, -0.25) is 4.79 Å². The van der Waals surface area contributed by atoms with Gasteiger partial charge in [0, 0.05) is 17.6 Å². The molecular weight excluding hydrogens is 371 g/mol. The SMILES string of the molecule is COc1ccc(Cl)cc1NC(=O)c1cc(NCc2ccc(F)cc2)ncn1. The fraction of sp³-hybridized carbons (Fsp3) is 0.105. The van der Waals surface area contributed by atoms with Crippen LogP contribution in [0.5, 0.6) is 5.75 Å². The van der Waals surface area contributed by atoms with Crippen LogP contribution in [-0.4, -0.2) is 23.0 Å². The van der Waals surface area contributed by atoms with Crippen LogP contribution in [0.25, 0.3) is 0 Å². The van der Waals surface area contributed by atoms with Gasteiger partial charge in [-0.25, -0.2) is 14.4 Å². The molecule has 1 heterocycles. The zero-order valence-electron chi connectivity index (χ0n) is 14.4. The lowest BCUT2D eigenvalue weighted by Gasteiger charge is -2.11. The van der Waals surface area contributed by atoms with Crippen molar-refractivity contribution in [3.05, 3.63) is 77.0 Å². The Morgan fingerprint density at radius 2 is 1.93 bits per heavy atom. The largest absolute Gasteiger partial charge is 0.495 e. The van der Waals surface area contributed by atoms with Crippen molar-refractivity contribution in [2.75, 3.05) is 17.7 Å². The Labute approximate surface area is 160 Å². The summed E-state index contributed by atoms with van der Waals surface area (Å²) >= 11 is 5.97. The number of hydrogen-bond acceptors (Lipinski definition) is 5. The maximum atomic E-state index is 12.9. The Morgan fingerprint density at radius 1 is 1.15 bits per heavy atom. The number of rotatable bonds is 6. The summed E-state index contributed by atoms with van der Waals surface area (Å²) in [4.78, 5) is 20.6. The van der Waals surface area contributed by atoms with E-state index in [1.54, 1.807) is 30.3 Å². The van der Waals surface area contributed by atoms with E-state index in [4.69, 9.17) is 16.3 Å². The molecule has 0 spiro atoms. The summed E-state index contributed by atoms with van der Waals surface area (Å²) < 4.78 is 18.2. The molecule has 0 atom stereocenters. The highest BCUT2D eigenvalue weighted by Gasteiger charge is 2.12. The van der Waals surface area contributed by atoms with E-state index >= 15 is 0 Å². The third kappa shape index (κ3) is 4.92. The molecule has 0 fully saturated rings. The molecule has 6 nitrogen and oxygen atoms in total. The molecule has 138 valence electrons. The molecule has 0 saturated carbocycles.